The Hall–Kier alpha value is -4.17. The highest BCUT2D eigenvalue weighted by Gasteiger charge is 2.15. The van der Waals surface area contributed by atoms with E-state index < -0.39 is 0 Å². The number of nitrogens with one attached hydrogen (secondary N) is 1. The zero-order valence-corrected chi connectivity index (χ0v) is 15.8. The molecule has 4 rings (SSSR count). The van der Waals surface area contributed by atoms with Crippen molar-refractivity contribution in [2.45, 2.75) is 6.92 Å². The summed E-state index contributed by atoms with van der Waals surface area (Å²) in [6, 6.07) is 22.7. The molecule has 0 fully saturated rings. The molecule has 0 unspecified atom stereocenters. The summed E-state index contributed by atoms with van der Waals surface area (Å²) in [7, 11) is 0. The predicted molar refractivity (Wildman–Crippen MR) is 113 cm³/mol. The van der Waals surface area contributed by atoms with E-state index >= 15 is 0 Å². The zero-order valence-electron chi connectivity index (χ0n) is 15.8. The van der Waals surface area contributed by atoms with Crippen molar-refractivity contribution in [3.8, 4) is 17.5 Å². The van der Waals surface area contributed by atoms with Crippen LogP contribution in [0.2, 0.25) is 0 Å². The quantitative estimate of drug-likeness (QED) is 0.543. The predicted octanol–water partition coefficient (Wildman–Crippen LogP) is 4.23. The number of hydrogen-bond acceptors (Lipinski definition) is 3. The molecule has 0 bridgehead atoms. The first-order chi connectivity index (χ1) is 14.2. The Balaban J connectivity index is 1.53. The molecule has 4 aromatic rings. The van der Waals surface area contributed by atoms with Crippen LogP contribution in [0.3, 0.4) is 0 Å². The molecule has 1 N–H and O–H groups in total. The molecule has 2 heterocycles. The third-order valence-electron chi connectivity index (χ3n) is 4.38. The second-order valence-corrected chi connectivity index (χ2v) is 6.39. The molecule has 0 radical (unpaired) electrons. The van der Waals surface area contributed by atoms with Crippen molar-refractivity contribution in [1.82, 2.24) is 14.8 Å². The standard InChI is InChI=1S/C24H18N4O/c1-18-23(17-26-28(18)22-11-3-2-4-12-22)24(29)27-21-10-7-8-19(16-21)13-14-20-9-5-6-15-25-20/h2-12,15-17H,1H3,(H,27,29). The Morgan fingerprint density at radius 2 is 1.79 bits per heavy atom. The Morgan fingerprint density at radius 3 is 2.59 bits per heavy atom. The molecule has 0 saturated heterocycles. The van der Waals surface area contributed by atoms with Crippen molar-refractivity contribution >= 4 is 11.6 Å². The molecule has 29 heavy (non-hydrogen) atoms. The van der Waals surface area contributed by atoms with Gasteiger partial charge in [-0.1, -0.05) is 36.3 Å². The maximum atomic E-state index is 12.8. The average molecular weight is 378 g/mol. The van der Waals surface area contributed by atoms with Crippen molar-refractivity contribution in [2.24, 2.45) is 0 Å². The summed E-state index contributed by atoms with van der Waals surface area (Å²) in [6.07, 6.45) is 3.29. The summed E-state index contributed by atoms with van der Waals surface area (Å²) < 4.78 is 1.75. The third kappa shape index (κ3) is 4.23. The first kappa shape index (κ1) is 18.2. The van der Waals surface area contributed by atoms with Crippen LogP contribution in [-0.2, 0) is 0 Å². The topological polar surface area (TPSA) is 59.8 Å². The Bertz CT molecular complexity index is 1200. The number of carbonyl (C=O) groups excluding carboxylic acids is 1. The molecule has 0 spiro atoms. The monoisotopic (exact) mass is 378 g/mol. The second-order valence-electron chi connectivity index (χ2n) is 6.39. The van der Waals surface area contributed by atoms with Crippen LogP contribution in [0.25, 0.3) is 5.69 Å². The Morgan fingerprint density at radius 1 is 0.966 bits per heavy atom. The largest absolute Gasteiger partial charge is 0.322 e. The Kier molecular flexibility index (Phi) is 5.17. The minimum atomic E-state index is -0.209. The number of amides is 1. The number of pyridine rings is 1. The molecular weight excluding hydrogens is 360 g/mol. The van der Waals surface area contributed by atoms with Gasteiger partial charge in [0.15, 0.2) is 0 Å². The first-order valence-electron chi connectivity index (χ1n) is 9.15. The van der Waals surface area contributed by atoms with E-state index in [1.54, 1.807) is 17.1 Å². The molecule has 2 aromatic carbocycles. The minimum Gasteiger partial charge on any atom is -0.322 e. The van der Waals surface area contributed by atoms with Gasteiger partial charge in [0.1, 0.15) is 5.69 Å². The van der Waals surface area contributed by atoms with Gasteiger partial charge < -0.3 is 5.32 Å². The van der Waals surface area contributed by atoms with Crippen LogP contribution in [-0.4, -0.2) is 20.7 Å². The molecule has 5 heteroatoms. The minimum absolute atomic E-state index is 0.209. The maximum Gasteiger partial charge on any atom is 0.259 e. The number of hydrogen-bond donors (Lipinski definition) is 1. The normalized spacial score (nSPS) is 10.1. The lowest BCUT2D eigenvalue weighted by Crippen LogP contribution is -2.13. The SMILES string of the molecule is Cc1c(C(=O)Nc2cccc(C#Cc3ccccn3)c2)cnn1-c1ccccc1. The number of benzene rings is 2. The molecular formula is C24H18N4O. The lowest BCUT2D eigenvalue weighted by molar-refractivity contribution is 0.102. The van der Waals surface area contributed by atoms with Crippen molar-refractivity contribution in [3.63, 3.8) is 0 Å². The Labute approximate surface area is 169 Å². The molecule has 0 saturated carbocycles. The van der Waals surface area contributed by atoms with E-state index in [4.69, 9.17) is 0 Å². The van der Waals surface area contributed by atoms with Gasteiger partial charge in [-0.2, -0.15) is 5.10 Å². The zero-order chi connectivity index (χ0) is 20.1. The van der Waals surface area contributed by atoms with Crippen LogP contribution in [0, 0.1) is 18.8 Å². The summed E-state index contributed by atoms with van der Waals surface area (Å²) in [5, 5.41) is 7.28. The smallest absolute Gasteiger partial charge is 0.259 e. The average Bonchev–Trinajstić information content (AvgIpc) is 3.15. The van der Waals surface area contributed by atoms with Crippen LogP contribution >= 0.6 is 0 Å². The van der Waals surface area contributed by atoms with Gasteiger partial charge in [0.05, 0.1) is 23.1 Å². The fourth-order valence-electron chi connectivity index (χ4n) is 2.91. The lowest BCUT2D eigenvalue weighted by Gasteiger charge is -2.07. The second kappa shape index (κ2) is 8.24. The van der Waals surface area contributed by atoms with Crippen LogP contribution in [0.4, 0.5) is 5.69 Å². The van der Waals surface area contributed by atoms with Crippen molar-refractivity contribution in [1.29, 1.82) is 0 Å². The van der Waals surface area contributed by atoms with E-state index in [0.717, 1.165) is 16.9 Å². The number of nitrogens with zero attached hydrogens (tertiary/aromatic N) is 3. The van der Waals surface area contributed by atoms with Crippen LogP contribution in [0.15, 0.2) is 85.2 Å². The third-order valence-corrected chi connectivity index (χ3v) is 4.38. The molecule has 0 atom stereocenters. The summed E-state index contributed by atoms with van der Waals surface area (Å²) in [4.78, 5) is 16.9. The summed E-state index contributed by atoms with van der Waals surface area (Å²) >= 11 is 0. The van der Waals surface area contributed by atoms with Crippen molar-refractivity contribution in [3.05, 3.63) is 108 Å². The molecule has 5 nitrogen and oxygen atoms in total. The highest BCUT2D eigenvalue weighted by molar-refractivity contribution is 6.05. The van der Waals surface area contributed by atoms with Gasteiger partial charge in [0.25, 0.3) is 5.91 Å². The van der Waals surface area contributed by atoms with Gasteiger partial charge in [-0.15, -0.1) is 0 Å². The van der Waals surface area contributed by atoms with Gasteiger partial charge >= 0.3 is 0 Å². The van der Waals surface area contributed by atoms with Gasteiger partial charge in [-0.3, -0.25) is 4.79 Å². The number of para-hydroxylation sites is 1. The molecule has 1 amide bonds. The molecule has 2 aromatic heterocycles. The molecule has 0 aliphatic carbocycles. The van der Waals surface area contributed by atoms with Gasteiger partial charge in [0.2, 0.25) is 0 Å². The maximum absolute atomic E-state index is 12.8. The van der Waals surface area contributed by atoms with E-state index in [0.29, 0.717) is 16.9 Å². The summed E-state index contributed by atoms with van der Waals surface area (Å²) in [5.74, 6) is 5.88. The van der Waals surface area contributed by atoms with Gasteiger partial charge in [0, 0.05) is 17.4 Å². The summed E-state index contributed by atoms with van der Waals surface area (Å²) in [5.41, 5.74) is 4.39. The fourth-order valence-corrected chi connectivity index (χ4v) is 2.91. The van der Waals surface area contributed by atoms with E-state index in [-0.39, 0.29) is 5.91 Å². The van der Waals surface area contributed by atoms with E-state index in [1.807, 2.05) is 79.7 Å². The molecule has 0 aliphatic heterocycles. The van der Waals surface area contributed by atoms with Crippen LogP contribution in [0.5, 0.6) is 0 Å². The van der Waals surface area contributed by atoms with Gasteiger partial charge in [-0.25, -0.2) is 9.67 Å². The number of rotatable bonds is 3. The summed E-state index contributed by atoms with van der Waals surface area (Å²) in [6.45, 7) is 1.88. The van der Waals surface area contributed by atoms with Crippen molar-refractivity contribution in [2.75, 3.05) is 5.32 Å². The fraction of sp³-hybridized carbons (Fsp3) is 0.0417. The van der Waals surface area contributed by atoms with E-state index in [1.165, 1.54) is 0 Å². The van der Waals surface area contributed by atoms with Crippen molar-refractivity contribution < 1.29 is 4.79 Å². The first-order valence-corrected chi connectivity index (χ1v) is 9.15. The van der Waals surface area contributed by atoms with Crippen LogP contribution < -0.4 is 5.32 Å². The molecule has 0 aliphatic rings. The number of carbonyl (C=O) groups is 1. The lowest BCUT2D eigenvalue weighted by atomic mass is 10.2. The van der Waals surface area contributed by atoms with Gasteiger partial charge in [-0.05, 0) is 55.3 Å². The van der Waals surface area contributed by atoms with E-state index in [9.17, 15) is 4.79 Å². The molecule has 140 valence electrons. The van der Waals surface area contributed by atoms with Crippen LogP contribution in [0.1, 0.15) is 27.3 Å². The number of anilines is 1. The highest BCUT2D eigenvalue weighted by Crippen LogP contribution is 2.17. The number of aromatic nitrogens is 3. The van der Waals surface area contributed by atoms with E-state index in [2.05, 4.69) is 27.2 Å². The highest BCUT2D eigenvalue weighted by atomic mass is 16.1.